The van der Waals surface area contributed by atoms with Gasteiger partial charge in [0.1, 0.15) is 11.4 Å². The third-order valence-corrected chi connectivity index (χ3v) is 5.47. The number of hydrogen-bond donors (Lipinski definition) is 1. The number of amides is 1. The molecule has 7 nitrogen and oxygen atoms in total. The van der Waals surface area contributed by atoms with E-state index in [1.807, 2.05) is 36.4 Å². The van der Waals surface area contributed by atoms with Crippen molar-refractivity contribution in [2.75, 3.05) is 7.11 Å². The number of rotatable bonds is 6. The molecule has 152 valence electrons. The summed E-state index contributed by atoms with van der Waals surface area (Å²) < 4.78 is 12.4. The van der Waals surface area contributed by atoms with Crippen LogP contribution in [-0.2, 0) is 13.2 Å². The number of nitrogens with zero attached hydrogens (tertiary/aromatic N) is 2. The molecule has 0 aliphatic heterocycles. The van der Waals surface area contributed by atoms with E-state index in [1.165, 1.54) is 0 Å². The van der Waals surface area contributed by atoms with Gasteiger partial charge in [-0.3, -0.25) is 4.79 Å². The first-order valence-electron chi connectivity index (χ1n) is 9.24. The van der Waals surface area contributed by atoms with E-state index < -0.39 is 6.03 Å². The maximum Gasteiger partial charge on any atom is 0.338 e. The van der Waals surface area contributed by atoms with Gasteiger partial charge in [0.2, 0.25) is 0 Å². The van der Waals surface area contributed by atoms with Gasteiger partial charge >= 0.3 is 6.03 Å². The molecule has 2 heterocycles. The number of carbonyl (C=O) groups excluding carboxylic acids is 1. The number of carbonyl (C=O) groups is 1. The standard InChI is InChI=1S/C22H19N3O4S/c1-28-19-12-16(9-10-18(19)29-14-15-6-3-2-4-7-15)13-24-22(27)25-21(26)17-8-5-11-23-20(17)30-25/h2-12H,13-14H2,1H3,(H,24,27). The van der Waals surface area contributed by atoms with Crippen molar-refractivity contribution >= 4 is 27.8 Å². The van der Waals surface area contributed by atoms with Crippen molar-refractivity contribution in [3.8, 4) is 11.5 Å². The van der Waals surface area contributed by atoms with Gasteiger partial charge < -0.3 is 14.8 Å². The number of ether oxygens (including phenoxy) is 2. The van der Waals surface area contributed by atoms with Crippen LogP contribution in [0.25, 0.3) is 10.2 Å². The lowest BCUT2D eigenvalue weighted by Crippen LogP contribution is -2.32. The average molecular weight is 421 g/mol. The third-order valence-electron chi connectivity index (χ3n) is 4.46. The number of benzene rings is 2. The summed E-state index contributed by atoms with van der Waals surface area (Å²) in [6.45, 7) is 0.665. The monoisotopic (exact) mass is 421 g/mol. The van der Waals surface area contributed by atoms with Gasteiger partial charge in [-0.25, -0.2) is 9.78 Å². The summed E-state index contributed by atoms with van der Waals surface area (Å²) in [7, 11) is 1.57. The van der Waals surface area contributed by atoms with Crippen molar-refractivity contribution in [1.82, 2.24) is 14.3 Å². The molecule has 4 rings (SSSR count). The molecule has 0 radical (unpaired) electrons. The number of pyridine rings is 1. The molecule has 1 N–H and O–H groups in total. The Hall–Kier alpha value is -3.65. The zero-order valence-corrected chi connectivity index (χ0v) is 17.0. The summed E-state index contributed by atoms with van der Waals surface area (Å²) in [5.41, 5.74) is 1.50. The number of aromatic nitrogens is 2. The van der Waals surface area contributed by atoms with Gasteiger partial charge in [0.15, 0.2) is 11.5 Å². The first kappa shape index (κ1) is 19.7. The van der Waals surface area contributed by atoms with Crippen LogP contribution in [0.5, 0.6) is 11.5 Å². The van der Waals surface area contributed by atoms with Gasteiger partial charge in [0.25, 0.3) is 5.56 Å². The molecule has 4 aromatic rings. The SMILES string of the molecule is COc1cc(CNC(=O)n2sc3ncccc3c2=O)ccc1OCc1ccccc1. The minimum absolute atomic E-state index is 0.238. The van der Waals surface area contributed by atoms with Crippen molar-refractivity contribution < 1.29 is 14.3 Å². The molecule has 30 heavy (non-hydrogen) atoms. The molecule has 0 atom stereocenters. The summed E-state index contributed by atoms with van der Waals surface area (Å²) in [6.07, 6.45) is 1.59. The Bertz CT molecular complexity index is 1230. The Kier molecular flexibility index (Phi) is 5.76. The molecule has 2 aromatic carbocycles. The number of hydrogen-bond acceptors (Lipinski definition) is 6. The predicted molar refractivity (Wildman–Crippen MR) is 115 cm³/mol. The summed E-state index contributed by atoms with van der Waals surface area (Å²) in [4.78, 5) is 29.5. The maximum atomic E-state index is 12.5. The molecule has 8 heteroatoms. The Balaban J connectivity index is 1.43. The minimum atomic E-state index is -0.494. The highest BCUT2D eigenvalue weighted by atomic mass is 32.1. The van der Waals surface area contributed by atoms with Gasteiger partial charge in [0, 0.05) is 12.7 Å². The summed E-state index contributed by atoms with van der Waals surface area (Å²) >= 11 is 1.02. The van der Waals surface area contributed by atoms with Crippen LogP contribution in [0.4, 0.5) is 4.79 Å². The second kappa shape index (κ2) is 8.79. The van der Waals surface area contributed by atoms with Gasteiger partial charge in [-0.05, 0) is 46.9 Å². The lowest BCUT2D eigenvalue weighted by Gasteiger charge is -2.13. The van der Waals surface area contributed by atoms with Crippen molar-refractivity contribution in [2.24, 2.45) is 0 Å². The van der Waals surface area contributed by atoms with Gasteiger partial charge in [-0.1, -0.05) is 36.4 Å². The van der Waals surface area contributed by atoms with E-state index in [9.17, 15) is 9.59 Å². The first-order valence-corrected chi connectivity index (χ1v) is 10.0. The number of methoxy groups -OCH3 is 1. The number of nitrogens with one attached hydrogen (secondary N) is 1. The van der Waals surface area contributed by atoms with E-state index in [0.29, 0.717) is 28.3 Å². The van der Waals surface area contributed by atoms with Crippen LogP contribution in [0.3, 0.4) is 0 Å². The average Bonchev–Trinajstić information content (AvgIpc) is 3.13. The lowest BCUT2D eigenvalue weighted by atomic mass is 10.2. The van der Waals surface area contributed by atoms with E-state index in [4.69, 9.17) is 9.47 Å². The van der Waals surface area contributed by atoms with Crippen LogP contribution in [0.15, 0.2) is 71.7 Å². The van der Waals surface area contributed by atoms with Crippen LogP contribution < -0.4 is 20.3 Å². The molecule has 2 aromatic heterocycles. The number of fused-ring (bicyclic) bond motifs is 1. The summed E-state index contributed by atoms with van der Waals surface area (Å²) in [5, 5.41) is 3.19. The maximum absolute atomic E-state index is 12.5. The Labute approximate surface area is 176 Å². The highest BCUT2D eigenvalue weighted by Crippen LogP contribution is 2.29. The zero-order chi connectivity index (χ0) is 20.9. The summed E-state index contributed by atoms with van der Waals surface area (Å²) in [5.74, 6) is 1.18. The smallest absolute Gasteiger partial charge is 0.338 e. The van der Waals surface area contributed by atoms with Crippen LogP contribution in [-0.4, -0.2) is 22.1 Å². The normalized spacial score (nSPS) is 10.7. The largest absolute Gasteiger partial charge is 0.493 e. The molecule has 1 amide bonds. The van der Waals surface area contributed by atoms with Crippen LogP contribution in [0.2, 0.25) is 0 Å². The molecule has 0 aliphatic carbocycles. The molecule has 0 saturated heterocycles. The fraction of sp³-hybridized carbons (Fsp3) is 0.136. The van der Waals surface area contributed by atoms with Crippen LogP contribution in [0.1, 0.15) is 11.1 Å². The van der Waals surface area contributed by atoms with Crippen molar-refractivity contribution in [3.05, 3.63) is 88.3 Å². The highest BCUT2D eigenvalue weighted by Gasteiger charge is 2.14. The molecule has 0 bridgehead atoms. The second-order valence-electron chi connectivity index (χ2n) is 6.47. The first-order chi connectivity index (χ1) is 14.7. The highest BCUT2D eigenvalue weighted by molar-refractivity contribution is 7.14. The van der Waals surface area contributed by atoms with E-state index in [1.54, 1.807) is 37.6 Å². The van der Waals surface area contributed by atoms with Crippen LogP contribution >= 0.6 is 11.5 Å². The predicted octanol–water partition coefficient (Wildman–Crippen LogP) is 3.80. The molecule has 0 saturated carbocycles. The molecule has 0 aliphatic rings. The molecule has 0 spiro atoms. The van der Waals surface area contributed by atoms with Crippen molar-refractivity contribution in [3.63, 3.8) is 0 Å². The quantitative estimate of drug-likeness (QED) is 0.512. The van der Waals surface area contributed by atoms with Crippen molar-refractivity contribution in [2.45, 2.75) is 13.2 Å². The molecule has 0 fully saturated rings. The van der Waals surface area contributed by atoms with Gasteiger partial charge in [0.05, 0.1) is 12.5 Å². The molecular weight excluding hydrogens is 402 g/mol. The third kappa shape index (κ3) is 4.18. The fourth-order valence-corrected chi connectivity index (χ4v) is 3.79. The fourth-order valence-electron chi connectivity index (χ4n) is 2.92. The van der Waals surface area contributed by atoms with E-state index >= 15 is 0 Å². The van der Waals surface area contributed by atoms with Gasteiger partial charge in [-0.15, -0.1) is 0 Å². The van der Waals surface area contributed by atoms with Crippen molar-refractivity contribution in [1.29, 1.82) is 0 Å². The Morgan fingerprint density at radius 3 is 2.67 bits per heavy atom. The summed E-state index contributed by atoms with van der Waals surface area (Å²) in [6, 6.07) is 18.1. The van der Waals surface area contributed by atoms with E-state index in [0.717, 1.165) is 26.6 Å². The van der Waals surface area contributed by atoms with E-state index in [-0.39, 0.29) is 12.1 Å². The Morgan fingerprint density at radius 1 is 1.07 bits per heavy atom. The molecule has 0 unspecified atom stereocenters. The second-order valence-corrected chi connectivity index (χ2v) is 7.40. The zero-order valence-electron chi connectivity index (χ0n) is 16.2. The van der Waals surface area contributed by atoms with Gasteiger partial charge in [-0.2, -0.15) is 3.96 Å². The lowest BCUT2D eigenvalue weighted by molar-refractivity contribution is 0.243. The van der Waals surface area contributed by atoms with Crippen LogP contribution in [0, 0.1) is 0 Å². The topological polar surface area (TPSA) is 82.5 Å². The minimum Gasteiger partial charge on any atom is -0.493 e. The van der Waals surface area contributed by atoms with E-state index in [2.05, 4.69) is 10.3 Å². The molecular formula is C22H19N3O4S. The Morgan fingerprint density at radius 2 is 1.90 bits per heavy atom.